The number of methoxy groups -OCH3 is 1. The highest BCUT2D eigenvalue weighted by Crippen LogP contribution is 2.38. The molecule has 4 nitrogen and oxygen atoms in total. The number of aromatic nitrogens is 2. The van der Waals surface area contributed by atoms with E-state index in [-0.39, 0.29) is 5.88 Å². The van der Waals surface area contributed by atoms with E-state index < -0.39 is 0 Å². The molecule has 7 heteroatoms. The fourth-order valence-corrected chi connectivity index (χ4v) is 2.45. The Balaban J connectivity index is 2.36. The zero-order valence-electron chi connectivity index (χ0n) is 9.86. The maximum Gasteiger partial charge on any atom is 0.226 e. The SMILES string of the molecule is COc1cc(Br)c(Oc2ncncc2CCl)cc1Br. The Hall–Kier alpha value is -0.850. The smallest absolute Gasteiger partial charge is 0.226 e. The molecule has 100 valence electrons. The summed E-state index contributed by atoms with van der Waals surface area (Å²) in [6.45, 7) is 0. The van der Waals surface area contributed by atoms with Gasteiger partial charge in [0.1, 0.15) is 17.8 Å². The van der Waals surface area contributed by atoms with Gasteiger partial charge in [-0.3, -0.25) is 0 Å². The van der Waals surface area contributed by atoms with Crippen molar-refractivity contribution in [3.8, 4) is 17.4 Å². The van der Waals surface area contributed by atoms with Crippen LogP contribution in [0.15, 0.2) is 33.6 Å². The largest absolute Gasteiger partial charge is 0.496 e. The summed E-state index contributed by atoms with van der Waals surface area (Å²) in [5.74, 6) is 2.03. The summed E-state index contributed by atoms with van der Waals surface area (Å²) in [5, 5.41) is 0. The first-order valence-corrected chi connectivity index (χ1v) is 7.33. The number of ether oxygens (including phenoxy) is 2. The number of benzene rings is 1. The van der Waals surface area contributed by atoms with Crippen LogP contribution in [0.2, 0.25) is 0 Å². The number of rotatable bonds is 4. The molecule has 1 heterocycles. The Bertz CT molecular complexity index is 596. The molecular formula is C12H9Br2ClN2O2. The van der Waals surface area contributed by atoms with Gasteiger partial charge in [-0.05, 0) is 44.0 Å². The summed E-state index contributed by atoms with van der Waals surface area (Å²) in [5.41, 5.74) is 0.725. The summed E-state index contributed by atoms with van der Waals surface area (Å²) in [6.07, 6.45) is 3.04. The second kappa shape index (κ2) is 6.54. The van der Waals surface area contributed by atoms with Crippen molar-refractivity contribution >= 4 is 43.5 Å². The first kappa shape index (κ1) is 14.6. The highest BCUT2D eigenvalue weighted by Gasteiger charge is 2.12. The summed E-state index contributed by atoms with van der Waals surface area (Å²) < 4.78 is 12.5. The standard InChI is InChI=1S/C12H9Br2ClN2O2/c1-18-10-2-9(14)11(3-8(10)13)19-12-7(4-15)5-16-6-17-12/h2-3,5-6H,4H2,1H3. The molecule has 0 fully saturated rings. The van der Waals surface area contributed by atoms with Crippen molar-refractivity contribution in [3.63, 3.8) is 0 Å². The van der Waals surface area contributed by atoms with Gasteiger partial charge in [-0.15, -0.1) is 11.6 Å². The average molecular weight is 408 g/mol. The lowest BCUT2D eigenvalue weighted by Gasteiger charge is -2.11. The molecule has 0 bridgehead atoms. The van der Waals surface area contributed by atoms with E-state index in [9.17, 15) is 0 Å². The number of hydrogen-bond acceptors (Lipinski definition) is 4. The molecule has 2 rings (SSSR count). The molecule has 19 heavy (non-hydrogen) atoms. The van der Waals surface area contributed by atoms with Crippen molar-refractivity contribution in [2.75, 3.05) is 7.11 Å². The maximum absolute atomic E-state index is 5.82. The van der Waals surface area contributed by atoms with Crippen LogP contribution in [0.5, 0.6) is 17.4 Å². The monoisotopic (exact) mass is 406 g/mol. The molecule has 0 unspecified atom stereocenters. The molecule has 0 spiro atoms. The lowest BCUT2D eigenvalue weighted by Crippen LogP contribution is -1.95. The number of nitrogens with zero attached hydrogens (tertiary/aromatic N) is 2. The summed E-state index contributed by atoms with van der Waals surface area (Å²) in [6, 6.07) is 3.60. The van der Waals surface area contributed by atoms with E-state index in [1.54, 1.807) is 25.4 Å². The molecule has 0 aliphatic rings. The van der Waals surface area contributed by atoms with Crippen LogP contribution in [-0.2, 0) is 5.88 Å². The second-order valence-corrected chi connectivity index (χ2v) is 5.48. The molecule has 0 N–H and O–H groups in total. The van der Waals surface area contributed by atoms with E-state index in [1.807, 2.05) is 0 Å². The van der Waals surface area contributed by atoms with Gasteiger partial charge in [-0.25, -0.2) is 9.97 Å². The molecule has 0 atom stereocenters. The van der Waals surface area contributed by atoms with Crippen LogP contribution in [-0.4, -0.2) is 17.1 Å². The number of hydrogen-bond donors (Lipinski definition) is 0. The predicted molar refractivity (Wildman–Crippen MR) is 80.1 cm³/mol. The summed E-state index contributed by atoms with van der Waals surface area (Å²) in [4.78, 5) is 7.98. The van der Waals surface area contributed by atoms with Gasteiger partial charge in [-0.1, -0.05) is 0 Å². The van der Waals surface area contributed by atoms with E-state index >= 15 is 0 Å². The predicted octanol–water partition coefficient (Wildman–Crippen LogP) is 4.54. The Labute approximate surface area is 132 Å². The van der Waals surface area contributed by atoms with Crippen LogP contribution in [0.4, 0.5) is 0 Å². The molecule has 1 aromatic carbocycles. The van der Waals surface area contributed by atoms with Crippen molar-refractivity contribution in [1.82, 2.24) is 9.97 Å². The fraction of sp³-hybridized carbons (Fsp3) is 0.167. The van der Waals surface area contributed by atoms with Crippen LogP contribution >= 0.6 is 43.5 Å². The van der Waals surface area contributed by atoms with Crippen molar-refractivity contribution in [2.24, 2.45) is 0 Å². The van der Waals surface area contributed by atoms with Gasteiger partial charge in [-0.2, -0.15) is 0 Å². The molecule has 0 saturated heterocycles. The third-order valence-corrected chi connectivity index (χ3v) is 3.83. The van der Waals surface area contributed by atoms with Crippen molar-refractivity contribution < 1.29 is 9.47 Å². The third kappa shape index (κ3) is 3.38. The second-order valence-electron chi connectivity index (χ2n) is 3.51. The zero-order chi connectivity index (χ0) is 13.8. The van der Waals surface area contributed by atoms with E-state index in [0.29, 0.717) is 17.4 Å². The Kier molecular flexibility index (Phi) is 5.01. The number of alkyl halides is 1. The van der Waals surface area contributed by atoms with Gasteiger partial charge in [0.2, 0.25) is 5.88 Å². The topological polar surface area (TPSA) is 44.2 Å². The first-order valence-electron chi connectivity index (χ1n) is 5.21. The van der Waals surface area contributed by atoms with Crippen LogP contribution in [0.25, 0.3) is 0 Å². The molecule has 0 radical (unpaired) electrons. The first-order chi connectivity index (χ1) is 9.15. The van der Waals surface area contributed by atoms with Crippen LogP contribution < -0.4 is 9.47 Å². The minimum atomic E-state index is 0.283. The highest BCUT2D eigenvalue weighted by molar-refractivity contribution is 9.11. The fourth-order valence-electron chi connectivity index (χ4n) is 1.38. The Morgan fingerprint density at radius 1 is 1.21 bits per heavy atom. The van der Waals surface area contributed by atoms with E-state index in [4.69, 9.17) is 21.1 Å². The third-order valence-electron chi connectivity index (χ3n) is 2.30. The van der Waals surface area contributed by atoms with Gasteiger partial charge in [0.25, 0.3) is 0 Å². The minimum absolute atomic E-state index is 0.283. The number of halogens is 3. The Morgan fingerprint density at radius 3 is 2.58 bits per heavy atom. The van der Waals surface area contributed by atoms with Gasteiger partial charge in [0.05, 0.1) is 21.9 Å². The highest BCUT2D eigenvalue weighted by atomic mass is 79.9. The van der Waals surface area contributed by atoms with Crippen LogP contribution in [0.3, 0.4) is 0 Å². The molecular weight excluding hydrogens is 399 g/mol. The van der Waals surface area contributed by atoms with Crippen molar-refractivity contribution in [1.29, 1.82) is 0 Å². The molecule has 0 aliphatic carbocycles. The lowest BCUT2D eigenvalue weighted by atomic mass is 10.3. The Morgan fingerprint density at radius 2 is 1.89 bits per heavy atom. The van der Waals surface area contributed by atoms with Crippen molar-refractivity contribution in [2.45, 2.75) is 5.88 Å². The van der Waals surface area contributed by atoms with Gasteiger partial charge < -0.3 is 9.47 Å². The molecule has 1 aromatic heterocycles. The van der Waals surface area contributed by atoms with E-state index in [0.717, 1.165) is 14.5 Å². The molecule has 0 saturated carbocycles. The summed E-state index contributed by atoms with van der Waals surface area (Å²) in [7, 11) is 1.60. The molecule has 0 aliphatic heterocycles. The van der Waals surface area contributed by atoms with Gasteiger partial charge in [0, 0.05) is 11.8 Å². The van der Waals surface area contributed by atoms with E-state index in [2.05, 4.69) is 41.8 Å². The van der Waals surface area contributed by atoms with Gasteiger partial charge >= 0.3 is 0 Å². The summed E-state index contributed by atoms with van der Waals surface area (Å²) >= 11 is 12.6. The minimum Gasteiger partial charge on any atom is -0.496 e. The van der Waals surface area contributed by atoms with Crippen LogP contribution in [0, 0.1) is 0 Å². The quantitative estimate of drug-likeness (QED) is 0.697. The molecule has 2 aromatic rings. The van der Waals surface area contributed by atoms with E-state index in [1.165, 1.54) is 6.33 Å². The van der Waals surface area contributed by atoms with Gasteiger partial charge in [0.15, 0.2) is 0 Å². The van der Waals surface area contributed by atoms with Crippen molar-refractivity contribution in [3.05, 3.63) is 39.2 Å². The lowest BCUT2D eigenvalue weighted by molar-refractivity contribution is 0.408. The maximum atomic E-state index is 5.82. The average Bonchev–Trinajstić information content (AvgIpc) is 2.43. The zero-order valence-corrected chi connectivity index (χ0v) is 13.8. The normalized spacial score (nSPS) is 10.3. The van der Waals surface area contributed by atoms with Crippen LogP contribution in [0.1, 0.15) is 5.56 Å². The molecule has 0 amide bonds.